The molecule has 1 saturated carbocycles. The second-order valence-electron chi connectivity index (χ2n) is 7.06. The summed E-state index contributed by atoms with van der Waals surface area (Å²) in [6.45, 7) is 4.48. The van der Waals surface area contributed by atoms with Gasteiger partial charge in [-0.3, -0.25) is 4.79 Å². The van der Waals surface area contributed by atoms with Crippen molar-refractivity contribution in [3.8, 4) is 0 Å². The molecule has 6 nitrogen and oxygen atoms in total. The average Bonchev–Trinajstić information content (AvgIpc) is 2.97. The molecule has 0 bridgehead atoms. The van der Waals surface area contributed by atoms with Crippen LogP contribution in [0.1, 0.15) is 19.8 Å². The maximum atomic E-state index is 12.8. The van der Waals surface area contributed by atoms with Gasteiger partial charge in [-0.15, -0.1) is 0 Å². The number of fused-ring (bicyclic) bond motifs is 1. The summed E-state index contributed by atoms with van der Waals surface area (Å²) >= 11 is 0. The van der Waals surface area contributed by atoms with Crippen molar-refractivity contribution in [2.45, 2.75) is 38.0 Å². The lowest BCUT2D eigenvalue weighted by molar-refractivity contribution is -0.144. The van der Waals surface area contributed by atoms with Crippen molar-refractivity contribution in [2.24, 2.45) is 16.9 Å². The molecule has 23 heavy (non-hydrogen) atoms. The molecule has 1 saturated heterocycles. The molecule has 2 aliphatic heterocycles. The van der Waals surface area contributed by atoms with Gasteiger partial charge in [0.2, 0.25) is 5.91 Å². The van der Waals surface area contributed by atoms with Gasteiger partial charge in [-0.25, -0.2) is 0 Å². The minimum Gasteiger partial charge on any atom is -0.393 e. The van der Waals surface area contributed by atoms with Crippen molar-refractivity contribution in [3.63, 3.8) is 0 Å². The van der Waals surface area contributed by atoms with Gasteiger partial charge in [0.15, 0.2) is 0 Å². The van der Waals surface area contributed by atoms with Gasteiger partial charge in [0.1, 0.15) is 0 Å². The fraction of sp³-hybridized carbons (Fsp3) is 0.647. The zero-order valence-corrected chi connectivity index (χ0v) is 13.4. The first-order chi connectivity index (χ1) is 11.1. The fourth-order valence-electron chi connectivity index (χ4n) is 4.04. The highest BCUT2D eigenvalue weighted by Crippen LogP contribution is 2.33. The number of aliphatic hydroxyl groups excluding tert-OH is 1. The predicted molar refractivity (Wildman–Crippen MR) is 87.8 cm³/mol. The van der Waals surface area contributed by atoms with Crippen LogP contribution in [0.3, 0.4) is 0 Å². The summed E-state index contributed by atoms with van der Waals surface area (Å²) in [5.74, 6) is 0.482. The zero-order chi connectivity index (χ0) is 16.0. The lowest BCUT2D eigenvalue weighted by Gasteiger charge is -2.43. The largest absolute Gasteiger partial charge is 0.393 e. The number of carbonyl (C=O) groups excluding carboxylic acids is 1. The number of carbonyl (C=O) groups is 1. The molecule has 2 heterocycles. The Morgan fingerprint density at radius 2 is 2.22 bits per heavy atom. The monoisotopic (exact) mass is 316 g/mol. The van der Waals surface area contributed by atoms with Crippen molar-refractivity contribution < 1.29 is 9.90 Å². The van der Waals surface area contributed by atoms with Crippen LogP contribution in [-0.4, -0.2) is 60.0 Å². The van der Waals surface area contributed by atoms with Crippen molar-refractivity contribution in [1.29, 1.82) is 0 Å². The van der Waals surface area contributed by atoms with Crippen LogP contribution in [0.25, 0.3) is 0 Å². The van der Waals surface area contributed by atoms with Gasteiger partial charge in [-0.1, -0.05) is 12.2 Å². The van der Waals surface area contributed by atoms with E-state index >= 15 is 0 Å². The van der Waals surface area contributed by atoms with E-state index in [0.29, 0.717) is 12.8 Å². The van der Waals surface area contributed by atoms with Crippen LogP contribution in [0, 0.1) is 11.8 Å². The van der Waals surface area contributed by atoms with Crippen LogP contribution < -0.4 is 10.7 Å². The van der Waals surface area contributed by atoms with Gasteiger partial charge in [-0.05, 0) is 30.9 Å². The Balaban J connectivity index is 1.56. The summed E-state index contributed by atoms with van der Waals surface area (Å²) in [5.41, 5.74) is 5.58. The summed E-state index contributed by atoms with van der Waals surface area (Å²) < 4.78 is 0. The summed E-state index contributed by atoms with van der Waals surface area (Å²) in [7, 11) is 0. The van der Waals surface area contributed by atoms with Gasteiger partial charge < -0.3 is 20.7 Å². The summed E-state index contributed by atoms with van der Waals surface area (Å²) in [6, 6.07) is 0.335. The van der Waals surface area contributed by atoms with E-state index in [2.05, 4.69) is 34.9 Å². The van der Waals surface area contributed by atoms with E-state index in [0.717, 1.165) is 19.6 Å². The third kappa shape index (κ3) is 2.60. The highest BCUT2D eigenvalue weighted by molar-refractivity contribution is 5.81. The number of nitrogens with zero attached hydrogens (tertiary/aromatic N) is 2. The smallest absolute Gasteiger partial charge is 0.226 e. The van der Waals surface area contributed by atoms with E-state index in [-0.39, 0.29) is 35.9 Å². The number of hydrogen-bond donors (Lipinski definition) is 3. The normalized spacial score (nSPS) is 39.0. The SMILES string of the molecule is CC1=CC2NN=CC2C=C1[C@H]1CNCCN1C(=O)[C@H]1C[C@@H](O)C1. The Kier molecular flexibility index (Phi) is 3.73. The number of aliphatic hydroxyl groups is 1. The van der Waals surface area contributed by atoms with E-state index in [9.17, 15) is 9.90 Å². The molecular formula is C17H24N4O2. The first-order valence-electron chi connectivity index (χ1n) is 8.52. The maximum absolute atomic E-state index is 12.8. The number of amides is 1. The molecule has 4 aliphatic rings. The van der Waals surface area contributed by atoms with Crippen LogP contribution in [0.4, 0.5) is 0 Å². The minimum atomic E-state index is -0.289. The fourth-order valence-corrected chi connectivity index (χ4v) is 4.04. The number of nitrogens with one attached hydrogen (secondary N) is 2. The Labute approximate surface area is 136 Å². The van der Waals surface area contributed by atoms with Gasteiger partial charge in [0, 0.05) is 37.7 Å². The lowest BCUT2D eigenvalue weighted by atomic mass is 9.80. The quantitative estimate of drug-likeness (QED) is 0.671. The van der Waals surface area contributed by atoms with Gasteiger partial charge in [-0.2, -0.15) is 5.10 Å². The van der Waals surface area contributed by atoms with Crippen LogP contribution in [-0.2, 0) is 4.79 Å². The highest BCUT2D eigenvalue weighted by atomic mass is 16.3. The first kappa shape index (κ1) is 14.9. The molecule has 4 rings (SSSR count). The molecule has 6 heteroatoms. The van der Waals surface area contributed by atoms with Crippen LogP contribution in [0.15, 0.2) is 28.4 Å². The Morgan fingerprint density at radius 3 is 3.00 bits per heavy atom. The van der Waals surface area contributed by atoms with Gasteiger partial charge >= 0.3 is 0 Å². The lowest BCUT2D eigenvalue weighted by Crippen LogP contribution is -2.57. The summed E-state index contributed by atoms with van der Waals surface area (Å²) in [5, 5.41) is 17.1. The number of rotatable bonds is 2. The highest BCUT2D eigenvalue weighted by Gasteiger charge is 2.40. The van der Waals surface area contributed by atoms with Crippen LogP contribution in [0.2, 0.25) is 0 Å². The molecule has 2 aliphatic carbocycles. The topological polar surface area (TPSA) is 77.0 Å². The second-order valence-corrected chi connectivity index (χ2v) is 7.06. The summed E-state index contributed by atoms with van der Waals surface area (Å²) in [6.07, 6.45) is 7.37. The Morgan fingerprint density at radius 1 is 1.39 bits per heavy atom. The molecule has 1 amide bonds. The molecule has 0 aromatic heterocycles. The van der Waals surface area contributed by atoms with E-state index in [1.165, 1.54) is 11.1 Å². The van der Waals surface area contributed by atoms with Crippen molar-refractivity contribution >= 4 is 12.1 Å². The summed E-state index contributed by atoms with van der Waals surface area (Å²) in [4.78, 5) is 14.8. The van der Waals surface area contributed by atoms with Gasteiger partial charge in [0.25, 0.3) is 0 Å². The van der Waals surface area contributed by atoms with E-state index in [4.69, 9.17) is 0 Å². The molecule has 0 aromatic rings. The molecule has 0 spiro atoms. The molecule has 2 unspecified atom stereocenters. The Bertz CT molecular complexity index is 591. The van der Waals surface area contributed by atoms with E-state index < -0.39 is 0 Å². The Hall–Kier alpha value is -1.66. The maximum Gasteiger partial charge on any atom is 0.226 e. The number of hydrazone groups is 1. The van der Waals surface area contributed by atoms with Crippen LogP contribution >= 0.6 is 0 Å². The molecule has 2 fully saturated rings. The predicted octanol–water partition coefficient (Wildman–Crippen LogP) is 0.0178. The molecule has 0 radical (unpaired) electrons. The third-order valence-electron chi connectivity index (χ3n) is 5.49. The third-order valence-corrected chi connectivity index (χ3v) is 5.49. The number of piperazine rings is 1. The second kappa shape index (κ2) is 5.76. The van der Waals surface area contributed by atoms with Crippen molar-refractivity contribution in [1.82, 2.24) is 15.6 Å². The molecule has 0 aromatic carbocycles. The van der Waals surface area contributed by atoms with Crippen LogP contribution in [0.5, 0.6) is 0 Å². The van der Waals surface area contributed by atoms with Gasteiger partial charge in [0.05, 0.1) is 18.2 Å². The first-order valence-corrected chi connectivity index (χ1v) is 8.52. The van der Waals surface area contributed by atoms with Crippen molar-refractivity contribution in [3.05, 3.63) is 23.3 Å². The molecule has 124 valence electrons. The standard InChI is InChI=1S/C17H24N4O2/c1-10-4-15-12(8-19-20-15)7-14(10)16-9-18-2-3-21(16)17(23)11-5-13(22)6-11/h4,7-8,11-13,15-16,18,20,22H,2-3,5-6,9H2,1H3/t11-,12?,13+,15?,16-/m1/s1. The average molecular weight is 316 g/mol. The zero-order valence-electron chi connectivity index (χ0n) is 13.4. The molecule has 3 N–H and O–H groups in total. The number of hydrogen-bond acceptors (Lipinski definition) is 5. The molecule has 3 atom stereocenters. The van der Waals surface area contributed by atoms with Crippen molar-refractivity contribution in [2.75, 3.05) is 19.6 Å². The van der Waals surface area contributed by atoms with E-state index in [1.54, 1.807) is 0 Å². The van der Waals surface area contributed by atoms with E-state index in [1.807, 2.05) is 11.1 Å². The molecular weight excluding hydrogens is 292 g/mol. The minimum absolute atomic E-state index is 0.00142.